The Morgan fingerprint density at radius 3 is 2.32 bits per heavy atom. The van der Waals surface area contributed by atoms with Crippen molar-refractivity contribution in [1.29, 1.82) is 0 Å². The molecule has 0 bridgehead atoms. The Bertz CT molecular complexity index is 602. The molecule has 4 heteroatoms. The number of piperidine rings is 2. The molecule has 4 rings (SSSR count). The van der Waals surface area contributed by atoms with Gasteiger partial charge in [0.25, 0.3) is 0 Å². The molecule has 136 valence electrons. The lowest BCUT2D eigenvalue weighted by Crippen LogP contribution is -2.50. The summed E-state index contributed by atoms with van der Waals surface area (Å²) in [4.78, 5) is 17.6. The highest BCUT2D eigenvalue weighted by molar-refractivity contribution is 5.79. The van der Waals surface area contributed by atoms with Gasteiger partial charge in [-0.1, -0.05) is 24.3 Å². The maximum absolute atomic E-state index is 13.0. The summed E-state index contributed by atoms with van der Waals surface area (Å²) in [6, 6.07) is 9.18. The topological polar surface area (TPSA) is 43.8 Å². The molecule has 2 heterocycles. The van der Waals surface area contributed by atoms with Gasteiger partial charge in [-0.15, -0.1) is 0 Å². The Kier molecular flexibility index (Phi) is 5.09. The summed E-state index contributed by atoms with van der Waals surface area (Å²) < 4.78 is 0. The van der Waals surface area contributed by atoms with Crippen LogP contribution in [0.3, 0.4) is 0 Å². The number of hydrogen-bond donors (Lipinski definition) is 1. The van der Waals surface area contributed by atoms with E-state index in [-0.39, 0.29) is 12.0 Å². The van der Waals surface area contributed by atoms with Crippen molar-refractivity contribution in [2.24, 2.45) is 5.92 Å². The number of carbonyl (C=O) groups excluding carboxylic acids is 1. The standard InChI is InChI=1S/C21H30N2O2/c24-20-9-13-22(14-10-20)19-7-11-23(12-8-19)21(25)18-6-5-16-3-1-2-4-17(16)15-18/h1-4,18-20,24H,5-15H2. The maximum atomic E-state index is 13.0. The van der Waals surface area contributed by atoms with Gasteiger partial charge in [-0.25, -0.2) is 0 Å². The molecule has 1 atom stereocenters. The Labute approximate surface area is 150 Å². The first-order valence-electron chi connectivity index (χ1n) is 9.98. The third-order valence-corrected chi connectivity index (χ3v) is 6.49. The van der Waals surface area contributed by atoms with Crippen molar-refractivity contribution in [2.75, 3.05) is 26.2 Å². The number of fused-ring (bicyclic) bond motifs is 1. The molecule has 2 saturated heterocycles. The van der Waals surface area contributed by atoms with Crippen LogP contribution in [0.2, 0.25) is 0 Å². The van der Waals surface area contributed by atoms with Crippen LogP contribution in [0, 0.1) is 5.92 Å². The van der Waals surface area contributed by atoms with Gasteiger partial charge in [0.2, 0.25) is 5.91 Å². The maximum Gasteiger partial charge on any atom is 0.226 e. The molecular weight excluding hydrogens is 312 g/mol. The first-order chi connectivity index (χ1) is 12.2. The second kappa shape index (κ2) is 7.46. The van der Waals surface area contributed by atoms with E-state index in [1.807, 2.05) is 0 Å². The first kappa shape index (κ1) is 17.0. The van der Waals surface area contributed by atoms with E-state index in [0.29, 0.717) is 11.9 Å². The lowest BCUT2D eigenvalue weighted by atomic mass is 9.83. The fraction of sp³-hybridized carbons (Fsp3) is 0.667. The Morgan fingerprint density at radius 2 is 1.60 bits per heavy atom. The molecule has 1 amide bonds. The van der Waals surface area contributed by atoms with Crippen molar-refractivity contribution < 1.29 is 9.90 Å². The van der Waals surface area contributed by atoms with Crippen molar-refractivity contribution in [1.82, 2.24) is 9.80 Å². The van der Waals surface area contributed by atoms with Gasteiger partial charge < -0.3 is 14.9 Å². The zero-order valence-electron chi connectivity index (χ0n) is 15.1. The summed E-state index contributed by atoms with van der Waals surface area (Å²) in [7, 11) is 0. The molecule has 4 nitrogen and oxygen atoms in total. The van der Waals surface area contributed by atoms with Crippen LogP contribution in [0.5, 0.6) is 0 Å². The van der Waals surface area contributed by atoms with Crippen molar-refractivity contribution in [2.45, 2.75) is 57.1 Å². The van der Waals surface area contributed by atoms with E-state index in [1.165, 1.54) is 11.1 Å². The number of nitrogens with zero attached hydrogens (tertiary/aromatic N) is 2. The van der Waals surface area contributed by atoms with Crippen LogP contribution in [0.1, 0.15) is 43.2 Å². The Hall–Kier alpha value is -1.39. The average molecular weight is 342 g/mol. The summed E-state index contributed by atoms with van der Waals surface area (Å²) >= 11 is 0. The van der Waals surface area contributed by atoms with Crippen LogP contribution in [0.4, 0.5) is 0 Å². The molecule has 1 unspecified atom stereocenters. The fourth-order valence-corrected chi connectivity index (χ4v) is 4.87. The third kappa shape index (κ3) is 3.75. The van der Waals surface area contributed by atoms with E-state index >= 15 is 0 Å². The van der Waals surface area contributed by atoms with E-state index in [1.54, 1.807) is 0 Å². The van der Waals surface area contributed by atoms with Crippen LogP contribution in [-0.4, -0.2) is 59.1 Å². The molecule has 1 aromatic rings. The lowest BCUT2D eigenvalue weighted by Gasteiger charge is -2.42. The van der Waals surface area contributed by atoms with Crippen LogP contribution in [0.15, 0.2) is 24.3 Å². The molecule has 1 N–H and O–H groups in total. The second-order valence-corrected chi connectivity index (χ2v) is 8.03. The summed E-state index contributed by atoms with van der Waals surface area (Å²) in [6.07, 6.45) is 6.84. The quantitative estimate of drug-likeness (QED) is 0.896. The van der Waals surface area contributed by atoms with Gasteiger partial charge >= 0.3 is 0 Å². The number of likely N-dealkylation sites (tertiary alicyclic amines) is 2. The van der Waals surface area contributed by atoms with Crippen LogP contribution in [0.25, 0.3) is 0 Å². The Morgan fingerprint density at radius 1 is 0.920 bits per heavy atom. The van der Waals surface area contributed by atoms with Crippen molar-refractivity contribution in [3.8, 4) is 0 Å². The third-order valence-electron chi connectivity index (χ3n) is 6.49. The van der Waals surface area contributed by atoms with Gasteiger partial charge in [-0.2, -0.15) is 0 Å². The number of aliphatic hydroxyl groups excluding tert-OH is 1. The van der Waals surface area contributed by atoms with Gasteiger partial charge in [0, 0.05) is 38.1 Å². The molecule has 3 aliphatic rings. The number of carbonyl (C=O) groups is 1. The van der Waals surface area contributed by atoms with Gasteiger partial charge in [0.15, 0.2) is 0 Å². The highest BCUT2D eigenvalue weighted by atomic mass is 16.3. The highest BCUT2D eigenvalue weighted by Crippen LogP contribution is 2.28. The number of hydrogen-bond acceptors (Lipinski definition) is 3. The molecule has 0 spiro atoms. The van der Waals surface area contributed by atoms with Gasteiger partial charge in [-0.3, -0.25) is 4.79 Å². The van der Waals surface area contributed by atoms with E-state index < -0.39 is 0 Å². The minimum atomic E-state index is -0.105. The molecule has 1 aromatic carbocycles. The van der Waals surface area contributed by atoms with Gasteiger partial charge in [0.05, 0.1) is 6.10 Å². The van der Waals surface area contributed by atoms with Crippen molar-refractivity contribution in [3.05, 3.63) is 35.4 Å². The molecule has 0 aromatic heterocycles. The SMILES string of the molecule is O=C(C1CCc2ccccc2C1)N1CCC(N2CCC(O)CC2)CC1. The molecule has 1 aliphatic carbocycles. The van der Waals surface area contributed by atoms with E-state index in [4.69, 9.17) is 0 Å². The molecular formula is C21H30N2O2. The normalized spacial score (nSPS) is 26.4. The number of aliphatic hydroxyl groups is 1. The van der Waals surface area contributed by atoms with Crippen LogP contribution >= 0.6 is 0 Å². The highest BCUT2D eigenvalue weighted by Gasteiger charge is 2.33. The van der Waals surface area contributed by atoms with E-state index in [2.05, 4.69) is 34.1 Å². The molecule has 0 radical (unpaired) electrons. The average Bonchev–Trinajstić information content (AvgIpc) is 2.68. The van der Waals surface area contributed by atoms with Crippen molar-refractivity contribution >= 4 is 5.91 Å². The predicted molar refractivity (Wildman–Crippen MR) is 98.4 cm³/mol. The smallest absolute Gasteiger partial charge is 0.226 e. The number of aryl methyl sites for hydroxylation is 1. The lowest BCUT2D eigenvalue weighted by molar-refractivity contribution is -0.137. The second-order valence-electron chi connectivity index (χ2n) is 8.03. The molecule has 2 aliphatic heterocycles. The molecule has 25 heavy (non-hydrogen) atoms. The largest absolute Gasteiger partial charge is 0.393 e. The number of rotatable bonds is 2. The van der Waals surface area contributed by atoms with Crippen LogP contribution < -0.4 is 0 Å². The monoisotopic (exact) mass is 342 g/mol. The molecule has 2 fully saturated rings. The predicted octanol–water partition coefficient (Wildman–Crippen LogP) is 2.24. The minimum Gasteiger partial charge on any atom is -0.393 e. The summed E-state index contributed by atoms with van der Waals surface area (Å²) in [5.41, 5.74) is 2.80. The summed E-state index contributed by atoms with van der Waals surface area (Å²) in [6.45, 7) is 3.83. The first-order valence-corrected chi connectivity index (χ1v) is 9.98. The summed E-state index contributed by atoms with van der Waals surface area (Å²) in [5, 5.41) is 9.67. The van der Waals surface area contributed by atoms with Crippen LogP contribution in [-0.2, 0) is 17.6 Å². The number of amides is 1. The van der Waals surface area contributed by atoms with Gasteiger partial charge in [0.1, 0.15) is 0 Å². The molecule has 0 saturated carbocycles. The zero-order valence-corrected chi connectivity index (χ0v) is 15.1. The Balaban J connectivity index is 1.30. The number of benzene rings is 1. The van der Waals surface area contributed by atoms with E-state index in [0.717, 1.165) is 71.1 Å². The summed E-state index contributed by atoms with van der Waals surface area (Å²) in [5.74, 6) is 0.554. The fourth-order valence-electron chi connectivity index (χ4n) is 4.87. The minimum absolute atomic E-state index is 0.105. The zero-order chi connectivity index (χ0) is 17.2. The van der Waals surface area contributed by atoms with E-state index in [9.17, 15) is 9.90 Å². The van der Waals surface area contributed by atoms with Gasteiger partial charge in [-0.05, 0) is 56.1 Å². The van der Waals surface area contributed by atoms with Crippen molar-refractivity contribution in [3.63, 3.8) is 0 Å².